The number of halogens is 1. The number of amides is 1. The molecule has 0 bridgehead atoms. The molecule has 0 spiro atoms. The highest BCUT2D eigenvalue weighted by Crippen LogP contribution is 2.24. The van der Waals surface area contributed by atoms with E-state index in [-0.39, 0.29) is 16.6 Å². The predicted molar refractivity (Wildman–Crippen MR) is 116 cm³/mol. The van der Waals surface area contributed by atoms with Crippen LogP contribution in [0.2, 0.25) is 0 Å². The number of carbonyl (C=O) groups is 1. The second kappa shape index (κ2) is 7.96. The third-order valence-corrected chi connectivity index (χ3v) is 4.91. The number of aromatic nitrogens is 3. The molecule has 0 unspecified atom stereocenters. The van der Waals surface area contributed by atoms with Crippen molar-refractivity contribution < 1.29 is 9.53 Å². The van der Waals surface area contributed by atoms with Gasteiger partial charge in [0, 0.05) is 23.4 Å². The van der Waals surface area contributed by atoms with Crippen molar-refractivity contribution in [3.63, 3.8) is 0 Å². The van der Waals surface area contributed by atoms with Crippen molar-refractivity contribution >= 4 is 38.6 Å². The second-order valence-electron chi connectivity index (χ2n) is 6.45. The summed E-state index contributed by atoms with van der Waals surface area (Å²) in [6, 6.07) is 15.7. The van der Waals surface area contributed by atoms with Gasteiger partial charge in [-0.15, -0.1) is 0 Å². The lowest BCUT2D eigenvalue weighted by Gasteiger charge is -2.09. The van der Waals surface area contributed by atoms with Gasteiger partial charge in [0.15, 0.2) is 0 Å². The average Bonchev–Trinajstić information content (AvgIpc) is 2.75. The molecule has 0 radical (unpaired) electrons. The minimum atomic E-state index is -0.593. The molecular formula is C21H15BrN4O4. The Balaban J connectivity index is 1.51. The quantitative estimate of drug-likeness (QED) is 0.479. The number of carbonyl (C=O) groups excluding carboxylic acids is 1. The molecule has 0 aliphatic rings. The monoisotopic (exact) mass is 466 g/mol. The summed E-state index contributed by atoms with van der Waals surface area (Å²) in [7, 11) is 1.49. The summed E-state index contributed by atoms with van der Waals surface area (Å²) in [4.78, 5) is 42.5. The molecule has 150 valence electrons. The van der Waals surface area contributed by atoms with Crippen molar-refractivity contribution in [2.45, 2.75) is 0 Å². The third-order valence-electron chi connectivity index (χ3n) is 4.38. The number of aryl methyl sites for hydroxylation is 1. The number of benzene rings is 2. The summed E-state index contributed by atoms with van der Waals surface area (Å²) in [5, 5.41) is 2.90. The number of nitrogens with zero attached hydrogens (tertiary/aromatic N) is 2. The summed E-state index contributed by atoms with van der Waals surface area (Å²) < 4.78 is 7.92. The molecule has 2 aromatic carbocycles. The Morgan fingerprint density at radius 1 is 1.07 bits per heavy atom. The van der Waals surface area contributed by atoms with Crippen LogP contribution in [0.25, 0.3) is 11.0 Å². The van der Waals surface area contributed by atoms with Crippen LogP contribution in [0.4, 0.5) is 5.69 Å². The van der Waals surface area contributed by atoms with Crippen LogP contribution in [-0.4, -0.2) is 20.4 Å². The Morgan fingerprint density at radius 3 is 2.37 bits per heavy atom. The number of ether oxygens (including phenoxy) is 1. The highest BCUT2D eigenvalue weighted by molar-refractivity contribution is 9.10. The van der Waals surface area contributed by atoms with E-state index in [2.05, 4.69) is 31.2 Å². The predicted octanol–water partition coefficient (Wildman–Crippen LogP) is 3.43. The molecule has 0 saturated heterocycles. The highest BCUT2D eigenvalue weighted by atomic mass is 79.9. The van der Waals surface area contributed by atoms with Gasteiger partial charge in [0.05, 0.1) is 10.9 Å². The maximum atomic E-state index is 12.6. The van der Waals surface area contributed by atoms with E-state index < -0.39 is 17.2 Å². The van der Waals surface area contributed by atoms with Crippen molar-refractivity contribution in [1.29, 1.82) is 0 Å². The summed E-state index contributed by atoms with van der Waals surface area (Å²) in [5.74, 6) is 0.881. The number of hydrogen-bond acceptors (Lipinski definition) is 5. The molecule has 9 heteroatoms. The van der Waals surface area contributed by atoms with E-state index in [0.717, 1.165) is 4.47 Å². The zero-order valence-corrected chi connectivity index (χ0v) is 17.3. The van der Waals surface area contributed by atoms with Gasteiger partial charge < -0.3 is 10.1 Å². The maximum absolute atomic E-state index is 12.6. The second-order valence-corrected chi connectivity index (χ2v) is 7.36. The lowest BCUT2D eigenvalue weighted by molar-refractivity contribution is 0.102. The van der Waals surface area contributed by atoms with Gasteiger partial charge in [0.2, 0.25) is 0 Å². The zero-order valence-electron chi connectivity index (χ0n) is 15.7. The van der Waals surface area contributed by atoms with Gasteiger partial charge in [0.1, 0.15) is 17.1 Å². The van der Waals surface area contributed by atoms with Crippen molar-refractivity contribution in [1.82, 2.24) is 14.5 Å². The molecule has 0 aliphatic heterocycles. The standard InChI is InChI=1S/C21H15BrN4O4/c1-26-18-17(20(28)25-21(26)29)10-12(11-23-18)19(27)24-14-4-8-16(9-5-14)30-15-6-2-13(22)3-7-15/h2-11H,1H3,(H,24,27)(H,25,28,29). The first kappa shape index (κ1) is 19.6. The van der Waals surface area contributed by atoms with Gasteiger partial charge >= 0.3 is 5.69 Å². The molecule has 0 fully saturated rings. The Bertz CT molecular complexity index is 1360. The lowest BCUT2D eigenvalue weighted by atomic mass is 10.2. The number of pyridine rings is 1. The number of anilines is 1. The van der Waals surface area contributed by atoms with Gasteiger partial charge in [-0.1, -0.05) is 15.9 Å². The van der Waals surface area contributed by atoms with Gasteiger partial charge in [-0.25, -0.2) is 9.78 Å². The number of rotatable bonds is 4. The first-order valence-corrected chi connectivity index (χ1v) is 9.64. The van der Waals surface area contributed by atoms with E-state index in [1.165, 1.54) is 23.9 Å². The molecule has 2 N–H and O–H groups in total. The van der Waals surface area contributed by atoms with Crippen LogP contribution in [0.3, 0.4) is 0 Å². The molecule has 0 atom stereocenters. The molecular weight excluding hydrogens is 452 g/mol. The van der Waals surface area contributed by atoms with Crippen LogP contribution in [-0.2, 0) is 7.05 Å². The molecule has 1 amide bonds. The molecule has 2 heterocycles. The number of fused-ring (bicyclic) bond motifs is 1. The van der Waals surface area contributed by atoms with E-state index >= 15 is 0 Å². The van der Waals surface area contributed by atoms with E-state index in [1.807, 2.05) is 24.3 Å². The van der Waals surface area contributed by atoms with Crippen LogP contribution in [0.15, 0.2) is 74.9 Å². The normalized spacial score (nSPS) is 10.7. The van der Waals surface area contributed by atoms with Crippen molar-refractivity contribution in [3.8, 4) is 11.5 Å². The molecule has 0 saturated carbocycles. The van der Waals surface area contributed by atoms with Gasteiger partial charge in [0.25, 0.3) is 11.5 Å². The van der Waals surface area contributed by atoms with E-state index in [4.69, 9.17) is 4.74 Å². The Labute approximate surface area is 178 Å². The van der Waals surface area contributed by atoms with Crippen LogP contribution >= 0.6 is 15.9 Å². The minimum absolute atomic E-state index is 0.156. The number of H-pyrrole nitrogens is 1. The largest absolute Gasteiger partial charge is 0.457 e. The fourth-order valence-electron chi connectivity index (χ4n) is 2.81. The van der Waals surface area contributed by atoms with Gasteiger partial charge in [-0.3, -0.25) is 19.1 Å². The van der Waals surface area contributed by atoms with E-state index in [9.17, 15) is 14.4 Å². The van der Waals surface area contributed by atoms with Crippen molar-refractivity contribution in [2.75, 3.05) is 5.32 Å². The molecule has 8 nitrogen and oxygen atoms in total. The van der Waals surface area contributed by atoms with Crippen LogP contribution in [0.1, 0.15) is 10.4 Å². The van der Waals surface area contributed by atoms with Crippen molar-refractivity contribution in [2.24, 2.45) is 7.05 Å². The first-order valence-electron chi connectivity index (χ1n) is 8.84. The number of hydrogen-bond donors (Lipinski definition) is 2. The summed E-state index contributed by atoms with van der Waals surface area (Å²) in [6.07, 6.45) is 1.32. The zero-order chi connectivity index (χ0) is 21.3. The van der Waals surface area contributed by atoms with Gasteiger partial charge in [-0.05, 0) is 54.6 Å². The van der Waals surface area contributed by atoms with E-state index in [1.54, 1.807) is 24.3 Å². The fourth-order valence-corrected chi connectivity index (χ4v) is 3.07. The van der Waals surface area contributed by atoms with Crippen LogP contribution in [0, 0.1) is 0 Å². The van der Waals surface area contributed by atoms with Crippen LogP contribution < -0.4 is 21.3 Å². The Hall–Kier alpha value is -3.72. The summed E-state index contributed by atoms with van der Waals surface area (Å²) >= 11 is 3.37. The number of aromatic amines is 1. The van der Waals surface area contributed by atoms with Crippen LogP contribution in [0.5, 0.6) is 11.5 Å². The molecule has 4 rings (SSSR count). The fraction of sp³-hybridized carbons (Fsp3) is 0.0476. The Kier molecular flexibility index (Phi) is 5.20. The number of nitrogens with one attached hydrogen (secondary N) is 2. The minimum Gasteiger partial charge on any atom is -0.457 e. The topological polar surface area (TPSA) is 106 Å². The third kappa shape index (κ3) is 4.01. The lowest BCUT2D eigenvalue weighted by Crippen LogP contribution is -2.29. The highest BCUT2D eigenvalue weighted by Gasteiger charge is 2.12. The summed E-state index contributed by atoms with van der Waals surface area (Å²) in [5.41, 5.74) is -0.207. The van der Waals surface area contributed by atoms with Crippen molar-refractivity contribution in [3.05, 3.63) is 91.7 Å². The average molecular weight is 467 g/mol. The molecule has 2 aromatic heterocycles. The molecule has 4 aromatic rings. The molecule has 0 aliphatic carbocycles. The first-order chi connectivity index (χ1) is 14.4. The Morgan fingerprint density at radius 2 is 1.70 bits per heavy atom. The molecule has 30 heavy (non-hydrogen) atoms. The smallest absolute Gasteiger partial charge is 0.329 e. The maximum Gasteiger partial charge on any atom is 0.329 e. The SMILES string of the molecule is Cn1c(=O)[nH]c(=O)c2cc(C(=O)Nc3ccc(Oc4ccc(Br)cc4)cc3)cnc21. The summed E-state index contributed by atoms with van der Waals surface area (Å²) in [6.45, 7) is 0. The van der Waals surface area contributed by atoms with E-state index in [0.29, 0.717) is 17.2 Å². The van der Waals surface area contributed by atoms with Gasteiger partial charge in [-0.2, -0.15) is 0 Å².